The first-order valence-electron chi connectivity index (χ1n) is 10.6. The number of benzene rings is 2. The summed E-state index contributed by atoms with van der Waals surface area (Å²) in [4.78, 5) is 0. The fraction of sp³-hybridized carbons (Fsp3) is 0.200. The summed E-state index contributed by atoms with van der Waals surface area (Å²) in [6.07, 6.45) is 3.95. The Hall–Kier alpha value is -3.82. The van der Waals surface area contributed by atoms with Crippen LogP contribution in [0, 0.1) is 11.3 Å². The third kappa shape index (κ3) is 3.96. The maximum absolute atomic E-state index is 9.82. The van der Waals surface area contributed by atoms with Crippen LogP contribution < -0.4 is 16.0 Å². The smallest absolute Gasteiger partial charge is 0.134 e. The Kier molecular flexibility index (Phi) is 5.26. The lowest BCUT2D eigenvalue weighted by Crippen LogP contribution is -2.38. The Labute approximate surface area is 181 Å². The van der Waals surface area contributed by atoms with Gasteiger partial charge >= 0.3 is 0 Å². The fourth-order valence-corrected chi connectivity index (χ4v) is 4.13. The van der Waals surface area contributed by atoms with Gasteiger partial charge in [-0.25, -0.2) is 4.52 Å². The summed E-state index contributed by atoms with van der Waals surface area (Å²) in [6, 6.07) is 25.2. The zero-order chi connectivity index (χ0) is 21.0. The number of hydrogen-bond donors (Lipinski definition) is 3. The van der Waals surface area contributed by atoms with E-state index in [0.717, 1.165) is 48.6 Å². The topological polar surface area (TPSA) is 77.2 Å². The molecule has 2 aromatic carbocycles. The van der Waals surface area contributed by atoms with Crippen molar-refractivity contribution in [2.24, 2.45) is 0 Å². The van der Waals surface area contributed by atoms with Gasteiger partial charge in [0, 0.05) is 24.3 Å². The molecule has 6 nitrogen and oxygen atoms in total. The van der Waals surface area contributed by atoms with Gasteiger partial charge in [-0.3, -0.25) is 0 Å². The van der Waals surface area contributed by atoms with E-state index in [1.165, 1.54) is 11.1 Å². The normalized spacial score (nSPS) is 16.0. The van der Waals surface area contributed by atoms with Crippen LogP contribution in [0.15, 0.2) is 72.9 Å². The van der Waals surface area contributed by atoms with E-state index in [0.29, 0.717) is 11.6 Å². The number of nitriles is 1. The lowest BCUT2D eigenvalue weighted by atomic mass is 10.1. The average Bonchev–Trinajstić information content (AvgIpc) is 3.31. The number of anilines is 3. The molecule has 0 amide bonds. The van der Waals surface area contributed by atoms with Gasteiger partial charge in [-0.05, 0) is 48.7 Å². The average molecular weight is 409 g/mol. The maximum atomic E-state index is 9.82. The number of fused-ring (bicyclic) bond motifs is 1. The zero-order valence-corrected chi connectivity index (χ0v) is 17.2. The molecule has 4 aromatic rings. The van der Waals surface area contributed by atoms with E-state index >= 15 is 0 Å². The van der Waals surface area contributed by atoms with E-state index in [1.807, 2.05) is 30.3 Å². The van der Waals surface area contributed by atoms with E-state index < -0.39 is 0 Å². The van der Waals surface area contributed by atoms with Crippen molar-refractivity contribution in [3.63, 3.8) is 0 Å². The second kappa shape index (κ2) is 8.50. The van der Waals surface area contributed by atoms with Crippen molar-refractivity contribution < 1.29 is 0 Å². The number of hydrogen-bond acceptors (Lipinski definition) is 5. The molecule has 31 heavy (non-hydrogen) atoms. The first-order valence-corrected chi connectivity index (χ1v) is 10.6. The van der Waals surface area contributed by atoms with Crippen LogP contribution in [0.25, 0.3) is 16.6 Å². The third-order valence-corrected chi connectivity index (χ3v) is 5.71. The number of pyridine rings is 1. The molecule has 1 saturated heterocycles. The molecule has 0 aliphatic carbocycles. The Morgan fingerprint density at radius 2 is 1.84 bits per heavy atom. The first kappa shape index (κ1) is 19.2. The molecule has 5 rings (SSSR count). The minimum absolute atomic E-state index is 0.309. The summed E-state index contributed by atoms with van der Waals surface area (Å²) < 4.78 is 1.79. The Bertz CT molecular complexity index is 1210. The van der Waals surface area contributed by atoms with E-state index in [2.05, 4.69) is 63.5 Å². The van der Waals surface area contributed by atoms with Crippen LogP contribution >= 0.6 is 0 Å². The molecule has 1 fully saturated rings. The molecule has 3 N–H and O–H groups in total. The van der Waals surface area contributed by atoms with Gasteiger partial charge in [-0.15, -0.1) is 0 Å². The van der Waals surface area contributed by atoms with Gasteiger partial charge in [-0.1, -0.05) is 42.5 Å². The van der Waals surface area contributed by atoms with Crippen molar-refractivity contribution in [3.05, 3.63) is 78.5 Å². The summed E-state index contributed by atoms with van der Waals surface area (Å²) in [5.41, 5.74) is 5.57. The predicted molar refractivity (Wildman–Crippen MR) is 125 cm³/mol. The number of nitrogens with one attached hydrogen (secondary N) is 3. The van der Waals surface area contributed by atoms with Gasteiger partial charge in [0.25, 0.3) is 0 Å². The first-order chi connectivity index (χ1) is 15.3. The second-order valence-corrected chi connectivity index (χ2v) is 7.81. The number of nitrogens with zero attached hydrogens (tertiary/aromatic N) is 3. The van der Waals surface area contributed by atoms with Gasteiger partial charge < -0.3 is 16.0 Å². The monoisotopic (exact) mass is 408 g/mol. The van der Waals surface area contributed by atoms with Crippen molar-refractivity contribution >= 4 is 22.7 Å². The molecule has 1 aliphatic heterocycles. The van der Waals surface area contributed by atoms with Crippen LogP contribution in [0.5, 0.6) is 0 Å². The number of rotatable bonds is 5. The van der Waals surface area contributed by atoms with E-state index in [9.17, 15) is 5.26 Å². The van der Waals surface area contributed by atoms with Crippen LogP contribution in [0.1, 0.15) is 18.4 Å². The number of aromatic nitrogens is 2. The lowest BCUT2D eigenvalue weighted by molar-refractivity contribution is 0.480. The molecular formula is C25H24N6. The molecule has 0 saturated carbocycles. The minimum Gasteiger partial charge on any atom is -0.380 e. The van der Waals surface area contributed by atoms with Gasteiger partial charge in [0.2, 0.25) is 0 Å². The highest BCUT2D eigenvalue weighted by Crippen LogP contribution is 2.29. The lowest BCUT2D eigenvalue weighted by Gasteiger charge is -2.26. The summed E-state index contributed by atoms with van der Waals surface area (Å²) >= 11 is 0. The molecule has 6 heteroatoms. The van der Waals surface area contributed by atoms with Crippen LogP contribution in [0.4, 0.5) is 17.2 Å². The van der Waals surface area contributed by atoms with Gasteiger partial charge in [0.1, 0.15) is 17.5 Å². The van der Waals surface area contributed by atoms with E-state index in [1.54, 1.807) is 10.7 Å². The highest BCUT2D eigenvalue weighted by molar-refractivity contribution is 5.79. The molecule has 1 atom stereocenters. The minimum atomic E-state index is 0.309. The summed E-state index contributed by atoms with van der Waals surface area (Å²) in [5, 5.41) is 24.7. The molecule has 154 valence electrons. The van der Waals surface area contributed by atoms with Crippen LogP contribution in [0.2, 0.25) is 0 Å². The summed E-state index contributed by atoms with van der Waals surface area (Å²) in [5.74, 6) is 0.817. The third-order valence-electron chi connectivity index (χ3n) is 5.71. The highest BCUT2D eigenvalue weighted by atomic mass is 15.3. The largest absolute Gasteiger partial charge is 0.380 e. The van der Waals surface area contributed by atoms with Crippen molar-refractivity contribution in [1.82, 2.24) is 14.9 Å². The van der Waals surface area contributed by atoms with E-state index in [4.69, 9.17) is 0 Å². The van der Waals surface area contributed by atoms with Crippen molar-refractivity contribution in [1.29, 1.82) is 5.26 Å². The van der Waals surface area contributed by atoms with Crippen LogP contribution in [-0.2, 0) is 0 Å². The van der Waals surface area contributed by atoms with Crippen molar-refractivity contribution in [2.45, 2.75) is 18.9 Å². The Morgan fingerprint density at radius 1 is 1.03 bits per heavy atom. The van der Waals surface area contributed by atoms with Gasteiger partial charge in [0.15, 0.2) is 0 Å². The van der Waals surface area contributed by atoms with Crippen molar-refractivity contribution in [3.8, 4) is 17.2 Å². The SMILES string of the molecule is N#Cc1c(N[C@H]2CCCNC2)cc(Nc2ccc(-c3ccccc3)cc2)n2nccc12. The standard InChI is InChI=1S/C25H24N6/c26-16-22-23(29-21-7-4-13-27-17-21)15-25(31-24(22)12-14-28-31)30-20-10-8-19(9-11-20)18-5-2-1-3-6-18/h1-3,5-6,8-12,14-15,21,27,29-30H,4,7,13,17H2/t21-/m0/s1. The Balaban J connectivity index is 1.46. The number of piperidine rings is 1. The Morgan fingerprint density at radius 3 is 2.58 bits per heavy atom. The molecule has 0 bridgehead atoms. The maximum Gasteiger partial charge on any atom is 0.134 e. The molecule has 2 aromatic heterocycles. The molecular weight excluding hydrogens is 384 g/mol. The molecule has 0 spiro atoms. The molecule has 0 unspecified atom stereocenters. The molecule has 0 radical (unpaired) electrons. The zero-order valence-electron chi connectivity index (χ0n) is 17.2. The molecule has 3 heterocycles. The second-order valence-electron chi connectivity index (χ2n) is 7.81. The summed E-state index contributed by atoms with van der Waals surface area (Å²) in [6.45, 7) is 1.95. The predicted octanol–water partition coefficient (Wildman–Crippen LogP) is 4.78. The summed E-state index contributed by atoms with van der Waals surface area (Å²) in [7, 11) is 0. The van der Waals surface area contributed by atoms with E-state index in [-0.39, 0.29) is 0 Å². The highest BCUT2D eigenvalue weighted by Gasteiger charge is 2.18. The van der Waals surface area contributed by atoms with Crippen molar-refractivity contribution in [2.75, 3.05) is 23.7 Å². The van der Waals surface area contributed by atoms with Gasteiger partial charge in [0.05, 0.1) is 17.4 Å². The van der Waals surface area contributed by atoms with Crippen LogP contribution in [-0.4, -0.2) is 28.7 Å². The van der Waals surface area contributed by atoms with Crippen LogP contribution in [0.3, 0.4) is 0 Å². The fourth-order valence-electron chi connectivity index (χ4n) is 4.13. The quantitative estimate of drug-likeness (QED) is 0.443. The molecule has 1 aliphatic rings. The van der Waals surface area contributed by atoms with Gasteiger partial charge in [-0.2, -0.15) is 10.4 Å².